The van der Waals surface area contributed by atoms with Crippen molar-refractivity contribution in [3.8, 4) is 11.5 Å². The third-order valence-electron chi connectivity index (χ3n) is 6.75. The number of rotatable bonds is 3. The number of aliphatic hydroxyl groups is 1. The Labute approximate surface area is 179 Å². The summed E-state index contributed by atoms with van der Waals surface area (Å²) in [5.74, 6) is 0.690. The number of carbonyl (C=O) groups is 1. The van der Waals surface area contributed by atoms with Gasteiger partial charge in [0.05, 0.1) is 11.6 Å². The summed E-state index contributed by atoms with van der Waals surface area (Å²) in [6, 6.07) is 3.31. The summed E-state index contributed by atoms with van der Waals surface area (Å²) in [5, 5.41) is 22.3. The maximum Gasteiger partial charge on any atom is 0.246 e. The van der Waals surface area contributed by atoms with Crippen LogP contribution >= 0.6 is 0 Å². The van der Waals surface area contributed by atoms with Gasteiger partial charge in [-0.15, -0.1) is 0 Å². The molecule has 3 aliphatic heterocycles. The van der Waals surface area contributed by atoms with Crippen molar-refractivity contribution in [1.82, 2.24) is 9.80 Å². The van der Waals surface area contributed by atoms with Gasteiger partial charge in [0, 0.05) is 24.7 Å². The lowest BCUT2D eigenvalue weighted by molar-refractivity contribution is -0.126. The van der Waals surface area contributed by atoms with E-state index in [0.717, 1.165) is 51.9 Å². The van der Waals surface area contributed by atoms with Crippen LogP contribution in [0.1, 0.15) is 69.5 Å². The number of benzene rings is 1. The molecule has 1 amide bonds. The molecule has 0 unspecified atom stereocenters. The number of hydrogen-bond acceptors (Lipinski definition) is 5. The van der Waals surface area contributed by atoms with Crippen molar-refractivity contribution in [3.05, 3.63) is 29.3 Å². The first kappa shape index (κ1) is 21.2. The van der Waals surface area contributed by atoms with Crippen LogP contribution in [-0.2, 0) is 4.79 Å². The summed E-state index contributed by atoms with van der Waals surface area (Å²) in [6.07, 6.45) is 9.12. The highest BCUT2D eigenvalue weighted by molar-refractivity contribution is 5.92. The molecule has 164 valence electrons. The number of aromatic hydroxyl groups is 1. The Bertz CT molecular complexity index is 808. The molecule has 0 aromatic heterocycles. The standard InChI is InChI=1S/C24H34N2O4/c1-24(2)23(29)21(26-15-7-4-8-16-26)20-18(30-24)11-9-17(22(20)28)10-12-19(27)25-13-5-3-6-14-25/h9-12,21,23,28-29H,3-8,13-16H2,1-2H3/b12-10+/t21-,23+/m1/s1. The minimum atomic E-state index is -0.761. The van der Waals surface area contributed by atoms with Gasteiger partial charge in [-0.05, 0) is 77.2 Å². The monoisotopic (exact) mass is 414 g/mol. The molecule has 1 aromatic rings. The van der Waals surface area contributed by atoms with Crippen LogP contribution in [0.2, 0.25) is 0 Å². The molecule has 0 bridgehead atoms. The summed E-state index contributed by atoms with van der Waals surface area (Å²) in [7, 11) is 0. The van der Waals surface area contributed by atoms with Crippen LogP contribution in [-0.4, -0.2) is 63.8 Å². The van der Waals surface area contributed by atoms with E-state index < -0.39 is 11.7 Å². The van der Waals surface area contributed by atoms with Crippen molar-refractivity contribution in [2.24, 2.45) is 0 Å². The number of phenols is 1. The first-order valence-electron chi connectivity index (χ1n) is 11.3. The third kappa shape index (κ3) is 4.08. The molecule has 3 aliphatic rings. The number of piperidine rings is 2. The van der Waals surface area contributed by atoms with E-state index in [1.807, 2.05) is 24.8 Å². The predicted molar refractivity (Wildman–Crippen MR) is 116 cm³/mol. The minimum absolute atomic E-state index is 0.0168. The van der Waals surface area contributed by atoms with Gasteiger partial charge in [0.15, 0.2) is 0 Å². The number of likely N-dealkylation sites (tertiary alicyclic amines) is 2. The molecular weight excluding hydrogens is 380 g/mol. The minimum Gasteiger partial charge on any atom is -0.507 e. The largest absolute Gasteiger partial charge is 0.507 e. The molecule has 0 saturated carbocycles. The molecule has 2 atom stereocenters. The molecule has 0 spiro atoms. The quantitative estimate of drug-likeness (QED) is 0.741. The first-order chi connectivity index (χ1) is 14.4. The van der Waals surface area contributed by atoms with Gasteiger partial charge in [0.1, 0.15) is 23.2 Å². The van der Waals surface area contributed by atoms with E-state index >= 15 is 0 Å². The number of ether oxygens (including phenoxy) is 1. The van der Waals surface area contributed by atoms with Crippen LogP contribution in [0.3, 0.4) is 0 Å². The fourth-order valence-electron chi connectivity index (χ4n) is 4.96. The number of phenolic OH excluding ortho intramolecular Hbond substituents is 1. The Morgan fingerprint density at radius 3 is 2.37 bits per heavy atom. The zero-order chi connectivity index (χ0) is 21.3. The van der Waals surface area contributed by atoms with Crippen molar-refractivity contribution in [1.29, 1.82) is 0 Å². The number of aliphatic hydroxyl groups excluding tert-OH is 1. The Balaban J connectivity index is 1.65. The van der Waals surface area contributed by atoms with Gasteiger partial charge in [-0.25, -0.2) is 0 Å². The highest BCUT2D eigenvalue weighted by atomic mass is 16.5. The fraction of sp³-hybridized carbons (Fsp3) is 0.625. The van der Waals surface area contributed by atoms with E-state index in [1.54, 1.807) is 18.2 Å². The van der Waals surface area contributed by atoms with Crippen molar-refractivity contribution in [2.45, 2.75) is 70.1 Å². The molecule has 2 saturated heterocycles. The van der Waals surface area contributed by atoms with Crippen LogP contribution in [0.15, 0.2) is 18.2 Å². The maximum absolute atomic E-state index is 12.5. The highest BCUT2D eigenvalue weighted by Crippen LogP contribution is 2.48. The smallest absolute Gasteiger partial charge is 0.246 e. The van der Waals surface area contributed by atoms with Crippen LogP contribution in [0, 0.1) is 0 Å². The second kappa shape index (κ2) is 8.60. The van der Waals surface area contributed by atoms with Gasteiger partial charge >= 0.3 is 0 Å². The molecule has 4 rings (SSSR count). The zero-order valence-corrected chi connectivity index (χ0v) is 18.1. The molecule has 3 heterocycles. The van der Waals surface area contributed by atoms with Crippen LogP contribution in [0.4, 0.5) is 0 Å². The molecule has 2 fully saturated rings. The Morgan fingerprint density at radius 1 is 1.07 bits per heavy atom. The van der Waals surface area contributed by atoms with Crippen LogP contribution in [0.25, 0.3) is 6.08 Å². The third-order valence-corrected chi connectivity index (χ3v) is 6.75. The molecule has 6 nitrogen and oxygen atoms in total. The number of fused-ring (bicyclic) bond motifs is 1. The van der Waals surface area contributed by atoms with E-state index in [0.29, 0.717) is 16.9 Å². The molecular formula is C24H34N2O4. The average molecular weight is 415 g/mol. The summed E-state index contributed by atoms with van der Waals surface area (Å²) < 4.78 is 6.07. The molecule has 0 radical (unpaired) electrons. The van der Waals surface area contributed by atoms with Gasteiger partial charge < -0.3 is 19.8 Å². The predicted octanol–water partition coefficient (Wildman–Crippen LogP) is 3.48. The second-order valence-corrected chi connectivity index (χ2v) is 9.33. The van der Waals surface area contributed by atoms with E-state index in [-0.39, 0.29) is 17.7 Å². The molecule has 30 heavy (non-hydrogen) atoms. The van der Waals surface area contributed by atoms with Gasteiger partial charge in [0.2, 0.25) is 5.91 Å². The summed E-state index contributed by atoms with van der Waals surface area (Å²) in [6.45, 7) is 7.16. The lowest BCUT2D eigenvalue weighted by Crippen LogP contribution is -2.54. The van der Waals surface area contributed by atoms with Gasteiger partial charge in [-0.1, -0.05) is 6.42 Å². The number of nitrogens with zero attached hydrogens (tertiary/aromatic N) is 2. The summed E-state index contributed by atoms with van der Waals surface area (Å²) in [4.78, 5) is 16.6. The fourth-order valence-corrected chi connectivity index (χ4v) is 4.96. The van der Waals surface area contributed by atoms with Crippen molar-refractivity contribution < 1.29 is 19.7 Å². The second-order valence-electron chi connectivity index (χ2n) is 9.33. The average Bonchev–Trinajstić information content (AvgIpc) is 2.75. The summed E-state index contributed by atoms with van der Waals surface area (Å²) in [5.41, 5.74) is 0.469. The number of carbonyl (C=O) groups excluding carboxylic acids is 1. The van der Waals surface area contributed by atoms with Crippen molar-refractivity contribution in [2.75, 3.05) is 26.2 Å². The molecule has 1 aromatic carbocycles. The first-order valence-corrected chi connectivity index (χ1v) is 11.3. The van der Waals surface area contributed by atoms with E-state index in [2.05, 4.69) is 4.90 Å². The topological polar surface area (TPSA) is 73.2 Å². The van der Waals surface area contributed by atoms with Crippen molar-refractivity contribution >= 4 is 12.0 Å². The van der Waals surface area contributed by atoms with Crippen LogP contribution < -0.4 is 4.74 Å². The Kier molecular flexibility index (Phi) is 6.07. The molecule has 0 aliphatic carbocycles. The van der Waals surface area contributed by atoms with Crippen LogP contribution in [0.5, 0.6) is 11.5 Å². The Hall–Kier alpha value is -2.05. The van der Waals surface area contributed by atoms with E-state index in [4.69, 9.17) is 4.74 Å². The highest BCUT2D eigenvalue weighted by Gasteiger charge is 2.47. The summed E-state index contributed by atoms with van der Waals surface area (Å²) >= 11 is 0. The SMILES string of the molecule is CC1(C)Oc2ccc(/C=C/C(=O)N3CCCCC3)c(O)c2[C@@H](N2CCCCC2)[C@@H]1O. The zero-order valence-electron chi connectivity index (χ0n) is 18.1. The Morgan fingerprint density at radius 2 is 1.70 bits per heavy atom. The van der Waals surface area contributed by atoms with E-state index in [1.165, 1.54) is 12.8 Å². The van der Waals surface area contributed by atoms with Gasteiger partial charge in [-0.2, -0.15) is 0 Å². The van der Waals surface area contributed by atoms with E-state index in [9.17, 15) is 15.0 Å². The van der Waals surface area contributed by atoms with Gasteiger partial charge in [0.25, 0.3) is 0 Å². The lowest BCUT2D eigenvalue weighted by Gasteiger charge is -2.47. The molecule has 2 N–H and O–H groups in total. The normalized spacial score (nSPS) is 27.0. The number of hydrogen-bond donors (Lipinski definition) is 2. The molecule has 6 heteroatoms. The maximum atomic E-state index is 12.5. The number of amides is 1. The van der Waals surface area contributed by atoms with Crippen molar-refractivity contribution in [3.63, 3.8) is 0 Å². The lowest BCUT2D eigenvalue weighted by atomic mass is 9.83. The van der Waals surface area contributed by atoms with Gasteiger partial charge in [-0.3, -0.25) is 9.69 Å².